The van der Waals surface area contributed by atoms with Gasteiger partial charge in [-0.3, -0.25) is 14.7 Å². The number of aliphatic hydroxyl groups is 1. The minimum Gasteiger partial charge on any atom is -0.481 e. The zero-order chi connectivity index (χ0) is 28.6. The number of aryl methyl sites for hydroxylation is 2. The molecule has 0 saturated carbocycles. The number of aliphatic hydroxyl groups excluding tert-OH is 1. The number of aliphatic carboxylic acids is 1. The first-order valence-electron chi connectivity index (χ1n) is 14.2. The molecule has 2 aromatic carbocycles. The maximum Gasteiger partial charge on any atom is 0.307 e. The molecule has 0 spiro atoms. The third-order valence-corrected chi connectivity index (χ3v) is 9.14. The molecule has 2 N–H and O–H groups in total. The molecular formula is C33H40ClN3O3. The Hall–Kier alpha value is -2.93. The van der Waals surface area contributed by atoms with Crippen molar-refractivity contribution in [1.29, 1.82) is 0 Å². The van der Waals surface area contributed by atoms with Crippen molar-refractivity contribution >= 4 is 23.3 Å². The quantitative estimate of drug-likeness (QED) is 0.351. The molecule has 0 atom stereocenters. The number of benzene rings is 2. The van der Waals surface area contributed by atoms with Crippen molar-refractivity contribution in [2.45, 2.75) is 73.1 Å². The minimum atomic E-state index is -0.870. The predicted molar refractivity (Wildman–Crippen MR) is 161 cm³/mol. The van der Waals surface area contributed by atoms with E-state index in [9.17, 15) is 15.0 Å². The van der Waals surface area contributed by atoms with Gasteiger partial charge in [0.1, 0.15) is 0 Å². The number of carboxylic acids is 1. The molecule has 40 heavy (non-hydrogen) atoms. The van der Waals surface area contributed by atoms with E-state index in [2.05, 4.69) is 54.8 Å². The number of piperidine rings is 1. The van der Waals surface area contributed by atoms with Crippen LogP contribution in [-0.4, -0.2) is 45.7 Å². The van der Waals surface area contributed by atoms with Gasteiger partial charge in [0, 0.05) is 54.6 Å². The summed E-state index contributed by atoms with van der Waals surface area (Å²) in [5, 5.41) is 21.0. The van der Waals surface area contributed by atoms with Crippen LogP contribution in [0.25, 0.3) is 11.1 Å². The highest BCUT2D eigenvalue weighted by Gasteiger charge is 2.31. The Kier molecular flexibility index (Phi) is 8.23. The Morgan fingerprint density at radius 3 is 2.48 bits per heavy atom. The molecule has 2 aliphatic rings. The molecule has 7 heteroatoms. The Labute approximate surface area is 242 Å². The molecule has 0 radical (unpaired) electrons. The first kappa shape index (κ1) is 28.6. The molecule has 2 aliphatic heterocycles. The van der Waals surface area contributed by atoms with Crippen molar-refractivity contribution < 1.29 is 15.0 Å². The Morgan fingerprint density at radius 2 is 1.80 bits per heavy atom. The number of hydrogen-bond donors (Lipinski definition) is 2. The molecule has 1 saturated heterocycles. The number of halogens is 1. The largest absolute Gasteiger partial charge is 0.481 e. The summed E-state index contributed by atoms with van der Waals surface area (Å²) in [7, 11) is 0. The minimum absolute atomic E-state index is 0.0892. The van der Waals surface area contributed by atoms with Crippen molar-refractivity contribution in [3.8, 4) is 11.1 Å². The van der Waals surface area contributed by atoms with E-state index >= 15 is 0 Å². The fourth-order valence-corrected chi connectivity index (χ4v) is 6.52. The third kappa shape index (κ3) is 5.90. The van der Waals surface area contributed by atoms with Crippen LogP contribution in [0.3, 0.4) is 0 Å². The summed E-state index contributed by atoms with van der Waals surface area (Å²) in [5.41, 5.74) is 10.1. The summed E-state index contributed by atoms with van der Waals surface area (Å²) in [6.45, 7) is 12.6. The Balaban J connectivity index is 1.53. The van der Waals surface area contributed by atoms with Gasteiger partial charge < -0.3 is 15.1 Å². The van der Waals surface area contributed by atoms with Gasteiger partial charge in [-0.15, -0.1) is 0 Å². The molecule has 3 heterocycles. The lowest BCUT2D eigenvalue weighted by atomic mass is 9.81. The van der Waals surface area contributed by atoms with Crippen LogP contribution >= 0.6 is 11.6 Å². The molecule has 0 aliphatic carbocycles. The maximum atomic E-state index is 11.9. The van der Waals surface area contributed by atoms with E-state index in [1.807, 2.05) is 19.1 Å². The lowest BCUT2D eigenvalue weighted by Crippen LogP contribution is -2.38. The SMILES string of the molecule is Cc1cccc(Cl)c1CN1CCc2cc(-c3c(CO)nc(C)c(CC(=O)O)c3N3CCC(C)(C)CC3)ccc2C1. The van der Waals surface area contributed by atoms with Gasteiger partial charge in [0.25, 0.3) is 0 Å². The van der Waals surface area contributed by atoms with E-state index in [4.69, 9.17) is 16.6 Å². The van der Waals surface area contributed by atoms with Gasteiger partial charge in [0.15, 0.2) is 0 Å². The lowest BCUT2D eigenvalue weighted by molar-refractivity contribution is -0.136. The number of nitrogens with zero attached hydrogens (tertiary/aromatic N) is 3. The highest BCUT2D eigenvalue weighted by atomic mass is 35.5. The second kappa shape index (κ2) is 11.5. The molecule has 0 amide bonds. The van der Waals surface area contributed by atoms with Crippen LogP contribution in [0.4, 0.5) is 5.69 Å². The highest BCUT2D eigenvalue weighted by Crippen LogP contribution is 2.42. The number of carboxylic acid groups (broad SMARTS) is 1. The summed E-state index contributed by atoms with van der Waals surface area (Å²) >= 11 is 6.52. The number of fused-ring (bicyclic) bond motifs is 1. The van der Waals surface area contributed by atoms with Crippen LogP contribution < -0.4 is 4.90 Å². The average molecular weight is 562 g/mol. The second-order valence-corrected chi connectivity index (χ2v) is 12.6. The molecule has 1 aromatic heterocycles. The molecule has 0 unspecified atom stereocenters. The highest BCUT2D eigenvalue weighted by molar-refractivity contribution is 6.31. The standard InChI is InChI=1S/C33H40ClN3O3/c1-21-6-5-7-28(34)27(21)19-36-13-10-23-16-24(8-9-25(23)18-36)31-29(20-38)35-22(2)26(17-30(39)40)32(31)37-14-11-33(3,4)12-15-37/h5-9,16,38H,10-15,17-20H2,1-4H3,(H,39,40). The lowest BCUT2D eigenvalue weighted by Gasteiger charge is -2.40. The number of aromatic nitrogens is 1. The van der Waals surface area contributed by atoms with Gasteiger partial charge in [-0.25, -0.2) is 0 Å². The zero-order valence-electron chi connectivity index (χ0n) is 24.1. The first-order chi connectivity index (χ1) is 19.1. The zero-order valence-corrected chi connectivity index (χ0v) is 24.8. The predicted octanol–water partition coefficient (Wildman–Crippen LogP) is 6.32. The summed E-state index contributed by atoms with van der Waals surface area (Å²) in [5.74, 6) is -0.870. The normalized spacial score (nSPS) is 17.1. The molecule has 5 rings (SSSR count). The van der Waals surface area contributed by atoms with Gasteiger partial charge in [-0.1, -0.05) is 55.8 Å². The number of carbonyl (C=O) groups is 1. The number of pyridine rings is 1. The fraction of sp³-hybridized carbons (Fsp3) is 0.455. The maximum absolute atomic E-state index is 11.9. The monoisotopic (exact) mass is 561 g/mol. The van der Waals surface area contributed by atoms with Crippen molar-refractivity contribution in [1.82, 2.24) is 9.88 Å². The summed E-state index contributed by atoms with van der Waals surface area (Å²) < 4.78 is 0. The van der Waals surface area contributed by atoms with Gasteiger partial charge in [0.2, 0.25) is 0 Å². The van der Waals surface area contributed by atoms with Crippen LogP contribution in [0.1, 0.15) is 65.9 Å². The molecule has 1 fully saturated rings. The Bertz CT molecular complexity index is 1400. The number of rotatable bonds is 7. The third-order valence-electron chi connectivity index (χ3n) is 8.78. The van der Waals surface area contributed by atoms with E-state index in [0.717, 1.165) is 79.4 Å². The topological polar surface area (TPSA) is 76.9 Å². The number of anilines is 1. The van der Waals surface area contributed by atoms with Gasteiger partial charge >= 0.3 is 5.97 Å². The Morgan fingerprint density at radius 1 is 1.05 bits per heavy atom. The smallest absolute Gasteiger partial charge is 0.307 e. The van der Waals surface area contributed by atoms with Crippen LogP contribution in [-0.2, 0) is 37.3 Å². The molecule has 0 bridgehead atoms. The fourth-order valence-electron chi connectivity index (χ4n) is 6.24. The molecular weight excluding hydrogens is 522 g/mol. The summed E-state index contributed by atoms with van der Waals surface area (Å²) in [4.78, 5) is 21.5. The van der Waals surface area contributed by atoms with Crippen LogP contribution in [0.2, 0.25) is 5.02 Å². The van der Waals surface area contributed by atoms with E-state index in [0.29, 0.717) is 11.4 Å². The summed E-state index contributed by atoms with van der Waals surface area (Å²) in [6, 6.07) is 12.6. The van der Waals surface area contributed by atoms with Crippen LogP contribution in [0.15, 0.2) is 36.4 Å². The van der Waals surface area contributed by atoms with Gasteiger partial charge in [-0.2, -0.15) is 0 Å². The van der Waals surface area contributed by atoms with Crippen molar-refractivity contribution in [3.05, 3.63) is 80.6 Å². The van der Waals surface area contributed by atoms with Crippen molar-refractivity contribution in [2.75, 3.05) is 24.5 Å². The van der Waals surface area contributed by atoms with Gasteiger partial charge in [-0.05, 0) is 72.4 Å². The van der Waals surface area contributed by atoms with E-state index in [1.165, 1.54) is 22.3 Å². The van der Waals surface area contributed by atoms with Gasteiger partial charge in [0.05, 0.1) is 24.4 Å². The van der Waals surface area contributed by atoms with Crippen molar-refractivity contribution in [3.63, 3.8) is 0 Å². The molecule has 3 aromatic rings. The van der Waals surface area contributed by atoms with E-state index in [1.54, 1.807) is 0 Å². The second-order valence-electron chi connectivity index (χ2n) is 12.2. The number of hydrogen-bond acceptors (Lipinski definition) is 5. The van der Waals surface area contributed by atoms with Crippen LogP contribution in [0.5, 0.6) is 0 Å². The molecule has 212 valence electrons. The van der Waals surface area contributed by atoms with E-state index < -0.39 is 5.97 Å². The molecule has 6 nitrogen and oxygen atoms in total. The van der Waals surface area contributed by atoms with E-state index in [-0.39, 0.29) is 18.4 Å². The van der Waals surface area contributed by atoms with Crippen LogP contribution in [0, 0.1) is 19.3 Å². The summed E-state index contributed by atoms with van der Waals surface area (Å²) in [6.07, 6.45) is 2.88. The first-order valence-corrected chi connectivity index (χ1v) is 14.6. The van der Waals surface area contributed by atoms with Crippen molar-refractivity contribution in [2.24, 2.45) is 5.41 Å². The average Bonchev–Trinajstić information content (AvgIpc) is 2.91.